The van der Waals surface area contributed by atoms with E-state index < -0.39 is 0 Å². The van der Waals surface area contributed by atoms with Crippen LogP contribution in [0.4, 0.5) is 0 Å². The highest BCUT2D eigenvalue weighted by Crippen LogP contribution is 2.26. The van der Waals surface area contributed by atoms with E-state index in [-0.39, 0.29) is 11.9 Å². The first-order chi connectivity index (χ1) is 11.1. The number of benzene rings is 1. The standard InChI is InChI=1S/C17H23N3O2S/c1-4-9-22-14-7-5-13(6-8-14)16-19-15(11-23-16)17(21)20(3)12(2)10-18/h5-8,11-12H,4,9-10,18H2,1-3H3. The maximum atomic E-state index is 12.4. The van der Waals surface area contributed by atoms with Gasteiger partial charge in [0, 0.05) is 30.6 Å². The Bertz CT molecular complexity index is 640. The minimum Gasteiger partial charge on any atom is -0.494 e. The van der Waals surface area contributed by atoms with E-state index >= 15 is 0 Å². The third-order valence-electron chi connectivity index (χ3n) is 3.62. The quantitative estimate of drug-likeness (QED) is 0.845. The van der Waals surface area contributed by atoms with Gasteiger partial charge in [0.15, 0.2) is 0 Å². The average molecular weight is 333 g/mol. The molecule has 1 aromatic heterocycles. The van der Waals surface area contributed by atoms with E-state index in [2.05, 4.69) is 11.9 Å². The summed E-state index contributed by atoms with van der Waals surface area (Å²) < 4.78 is 5.57. The minimum absolute atomic E-state index is 0.0114. The lowest BCUT2D eigenvalue weighted by Gasteiger charge is -2.22. The number of ether oxygens (including phenoxy) is 1. The van der Waals surface area contributed by atoms with E-state index in [1.807, 2.05) is 31.2 Å². The van der Waals surface area contributed by atoms with Crippen LogP contribution in [-0.2, 0) is 0 Å². The smallest absolute Gasteiger partial charge is 0.273 e. The van der Waals surface area contributed by atoms with Crippen molar-refractivity contribution in [2.75, 3.05) is 20.2 Å². The number of rotatable bonds is 7. The molecule has 0 aliphatic carbocycles. The third-order valence-corrected chi connectivity index (χ3v) is 4.51. The van der Waals surface area contributed by atoms with Gasteiger partial charge in [-0.15, -0.1) is 11.3 Å². The van der Waals surface area contributed by atoms with Crippen molar-refractivity contribution in [3.63, 3.8) is 0 Å². The van der Waals surface area contributed by atoms with Crippen molar-refractivity contribution in [1.82, 2.24) is 9.88 Å². The number of carbonyl (C=O) groups is 1. The maximum absolute atomic E-state index is 12.4. The third kappa shape index (κ3) is 4.30. The number of thiazole rings is 1. The Kier molecular flexibility index (Phi) is 6.12. The summed E-state index contributed by atoms with van der Waals surface area (Å²) in [5.74, 6) is 0.744. The Morgan fingerprint density at radius 2 is 2.09 bits per heavy atom. The monoisotopic (exact) mass is 333 g/mol. The first-order valence-corrected chi connectivity index (χ1v) is 8.60. The number of hydrogen-bond acceptors (Lipinski definition) is 5. The molecule has 0 saturated heterocycles. The largest absolute Gasteiger partial charge is 0.494 e. The molecule has 5 nitrogen and oxygen atoms in total. The van der Waals surface area contributed by atoms with Crippen LogP contribution < -0.4 is 10.5 Å². The van der Waals surface area contributed by atoms with Crippen molar-refractivity contribution in [3.8, 4) is 16.3 Å². The van der Waals surface area contributed by atoms with Crippen LogP contribution in [0.25, 0.3) is 10.6 Å². The molecular weight excluding hydrogens is 310 g/mol. The van der Waals surface area contributed by atoms with E-state index in [0.717, 1.165) is 22.7 Å². The molecule has 2 aromatic rings. The number of aromatic nitrogens is 1. The van der Waals surface area contributed by atoms with Gasteiger partial charge >= 0.3 is 0 Å². The zero-order chi connectivity index (χ0) is 16.8. The molecule has 23 heavy (non-hydrogen) atoms. The van der Waals surface area contributed by atoms with Crippen molar-refractivity contribution in [3.05, 3.63) is 35.3 Å². The Balaban J connectivity index is 2.11. The zero-order valence-corrected chi connectivity index (χ0v) is 14.6. The first kappa shape index (κ1) is 17.4. The van der Waals surface area contributed by atoms with Crippen molar-refractivity contribution in [2.45, 2.75) is 26.3 Å². The fourth-order valence-corrected chi connectivity index (χ4v) is 2.76. The van der Waals surface area contributed by atoms with E-state index in [1.165, 1.54) is 11.3 Å². The summed E-state index contributed by atoms with van der Waals surface area (Å²) in [5.41, 5.74) is 7.05. The number of nitrogens with zero attached hydrogens (tertiary/aromatic N) is 2. The average Bonchev–Trinajstić information content (AvgIpc) is 3.08. The number of nitrogens with two attached hydrogens (primary N) is 1. The molecule has 0 aliphatic heterocycles. The first-order valence-electron chi connectivity index (χ1n) is 7.72. The van der Waals surface area contributed by atoms with Gasteiger partial charge < -0.3 is 15.4 Å². The molecule has 0 fully saturated rings. The number of likely N-dealkylation sites (N-methyl/N-ethyl adjacent to an activating group) is 1. The van der Waals surface area contributed by atoms with Crippen molar-refractivity contribution in [2.24, 2.45) is 5.73 Å². The minimum atomic E-state index is -0.103. The van der Waals surface area contributed by atoms with Gasteiger partial charge in [0.2, 0.25) is 0 Å². The van der Waals surface area contributed by atoms with E-state index in [4.69, 9.17) is 10.5 Å². The molecule has 2 N–H and O–H groups in total. The van der Waals surface area contributed by atoms with Crippen molar-refractivity contribution >= 4 is 17.2 Å². The molecule has 0 saturated carbocycles. The SMILES string of the molecule is CCCOc1ccc(-c2nc(C(=O)N(C)C(C)CN)cs2)cc1. The second kappa shape index (κ2) is 8.08. The molecule has 0 radical (unpaired) electrons. The normalized spacial score (nSPS) is 12.0. The molecular formula is C17H23N3O2S. The molecule has 6 heteroatoms. The Hall–Kier alpha value is -1.92. The van der Waals surface area contributed by atoms with Crippen LogP contribution in [0.15, 0.2) is 29.6 Å². The highest BCUT2D eigenvalue weighted by Gasteiger charge is 2.19. The Morgan fingerprint density at radius 1 is 1.39 bits per heavy atom. The van der Waals surface area contributed by atoms with E-state index in [1.54, 1.807) is 17.3 Å². The van der Waals surface area contributed by atoms with E-state index in [9.17, 15) is 4.79 Å². The maximum Gasteiger partial charge on any atom is 0.273 e. The summed E-state index contributed by atoms with van der Waals surface area (Å²) in [6.07, 6.45) is 0.981. The Labute approximate surface area is 141 Å². The van der Waals surface area contributed by atoms with Gasteiger partial charge in [0.05, 0.1) is 6.61 Å². The van der Waals surface area contributed by atoms with Gasteiger partial charge in [-0.1, -0.05) is 6.92 Å². The second-order valence-corrected chi connectivity index (χ2v) is 6.27. The summed E-state index contributed by atoms with van der Waals surface area (Å²) in [7, 11) is 1.75. The summed E-state index contributed by atoms with van der Waals surface area (Å²) in [6.45, 7) is 5.13. The highest BCUT2D eigenvalue weighted by molar-refractivity contribution is 7.13. The van der Waals surface area contributed by atoms with Gasteiger partial charge in [0.25, 0.3) is 5.91 Å². The lowest BCUT2D eigenvalue weighted by atomic mass is 10.2. The van der Waals surface area contributed by atoms with Gasteiger partial charge in [-0.3, -0.25) is 4.79 Å². The van der Waals surface area contributed by atoms with Crippen LogP contribution >= 0.6 is 11.3 Å². The van der Waals surface area contributed by atoms with Crippen LogP contribution in [-0.4, -0.2) is 42.0 Å². The molecule has 1 amide bonds. The van der Waals surface area contributed by atoms with Crippen molar-refractivity contribution < 1.29 is 9.53 Å². The van der Waals surface area contributed by atoms with Gasteiger partial charge in [-0.2, -0.15) is 0 Å². The highest BCUT2D eigenvalue weighted by atomic mass is 32.1. The molecule has 2 rings (SSSR count). The number of amides is 1. The molecule has 0 bridgehead atoms. The fourth-order valence-electron chi connectivity index (χ4n) is 1.96. The van der Waals surface area contributed by atoms with Crippen LogP contribution in [0.3, 0.4) is 0 Å². The summed E-state index contributed by atoms with van der Waals surface area (Å²) >= 11 is 1.46. The molecule has 124 valence electrons. The van der Waals surface area contributed by atoms with Crippen LogP contribution in [0, 0.1) is 0 Å². The summed E-state index contributed by atoms with van der Waals surface area (Å²) in [6, 6.07) is 7.77. The molecule has 1 unspecified atom stereocenters. The lowest BCUT2D eigenvalue weighted by Crippen LogP contribution is -2.39. The van der Waals surface area contributed by atoms with Gasteiger partial charge in [0.1, 0.15) is 16.5 Å². The molecule has 0 spiro atoms. The Morgan fingerprint density at radius 3 is 2.70 bits per heavy atom. The topological polar surface area (TPSA) is 68.5 Å². The summed E-state index contributed by atoms with van der Waals surface area (Å²) in [5, 5.41) is 2.61. The van der Waals surface area contributed by atoms with Crippen LogP contribution in [0.5, 0.6) is 5.75 Å². The second-order valence-electron chi connectivity index (χ2n) is 5.41. The predicted molar refractivity (Wildman–Crippen MR) is 93.9 cm³/mol. The van der Waals surface area contributed by atoms with Gasteiger partial charge in [-0.05, 0) is 37.6 Å². The van der Waals surface area contributed by atoms with Gasteiger partial charge in [-0.25, -0.2) is 4.98 Å². The zero-order valence-electron chi connectivity index (χ0n) is 13.8. The predicted octanol–water partition coefficient (Wildman–Crippen LogP) is 3.02. The summed E-state index contributed by atoms with van der Waals surface area (Å²) in [4.78, 5) is 18.4. The number of carbonyl (C=O) groups excluding carboxylic acids is 1. The van der Waals surface area contributed by atoms with Crippen LogP contribution in [0.1, 0.15) is 30.8 Å². The number of hydrogen-bond donors (Lipinski definition) is 1. The molecule has 1 atom stereocenters. The fraction of sp³-hybridized carbons (Fsp3) is 0.412. The molecule has 1 aromatic carbocycles. The van der Waals surface area contributed by atoms with Crippen LogP contribution in [0.2, 0.25) is 0 Å². The lowest BCUT2D eigenvalue weighted by molar-refractivity contribution is 0.0743. The molecule has 0 aliphatic rings. The molecule has 1 heterocycles. The van der Waals surface area contributed by atoms with Crippen molar-refractivity contribution in [1.29, 1.82) is 0 Å². The van der Waals surface area contributed by atoms with E-state index in [0.29, 0.717) is 18.8 Å².